The number of fused-ring (bicyclic) bond motifs is 6. The molecule has 13 N–H and O–H groups in total. The van der Waals surface area contributed by atoms with Crippen LogP contribution < -0.4 is 52.6 Å². The number of anilines is 1. The molecule has 3 fully saturated rings. The number of epoxide rings is 1. The predicted molar refractivity (Wildman–Crippen MR) is 535 cm³/mol. The van der Waals surface area contributed by atoms with E-state index in [1.54, 1.807) is 56.0 Å². The molecule has 9 rings (SSSR count). The van der Waals surface area contributed by atoms with Gasteiger partial charge in [0.15, 0.2) is 5.78 Å². The van der Waals surface area contributed by atoms with Gasteiger partial charge in [-0.25, -0.2) is 4.79 Å². The van der Waals surface area contributed by atoms with Gasteiger partial charge in [-0.1, -0.05) is 235 Å². The second-order valence-corrected chi connectivity index (χ2v) is 42.5. The van der Waals surface area contributed by atoms with Crippen LogP contribution in [0.4, 0.5) is 5.69 Å². The van der Waals surface area contributed by atoms with Crippen molar-refractivity contribution in [3.05, 3.63) is 160 Å². The first-order valence-corrected chi connectivity index (χ1v) is 53.0. The van der Waals surface area contributed by atoms with Crippen LogP contribution in [0, 0.1) is 11.8 Å². The summed E-state index contributed by atoms with van der Waals surface area (Å²) >= 11 is 6.98. The summed E-state index contributed by atoms with van der Waals surface area (Å²) in [6, 6.07) is 19.2. The molecule has 0 aromatic heterocycles. The van der Waals surface area contributed by atoms with Gasteiger partial charge in [0.25, 0.3) is 0 Å². The van der Waals surface area contributed by atoms with Crippen LogP contribution in [0.5, 0.6) is 5.75 Å². The number of ether oxygens (including phenoxy) is 5. The third-order valence-electron chi connectivity index (χ3n) is 26.3. The van der Waals surface area contributed by atoms with Crippen molar-refractivity contribution in [1.82, 2.24) is 42.1 Å². The molecule has 0 radical (unpaired) electrons. The Balaban J connectivity index is 0.949. The Morgan fingerprint density at radius 1 is 0.801 bits per heavy atom. The summed E-state index contributed by atoms with van der Waals surface area (Å²) in [4.78, 5) is 166. The summed E-state index contributed by atoms with van der Waals surface area (Å²) in [5.74, 6) is -8.98. The van der Waals surface area contributed by atoms with Crippen LogP contribution in [0.25, 0.3) is 5.57 Å². The number of nitrogens with zero attached hydrogens (tertiary/aromatic N) is 2. The van der Waals surface area contributed by atoms with Crippen LogP contribution in [-0.2, 0) is 97.4 Å². The lowest BCUT2D eigenvalue weighted by Crippen LogP contribution is -2.61. The number of aliphatic hydroxyl groups excluding tert-OH is 3. The standard InChI is InChI=1S/C101H143ClN10O20S4/c1-12-13-14-15-16-17-18-25-38-73(136-133-48-45-87(117)111(8)64(4)99(126)131-86-56-88(118)112(9)81-52-69(53-83(128-10)90(81)102)49-62(2)32-26-29-41-85(129-11)101(127)57-84(130-89(119)58-101)63(3)92-100(86,7)132-92)44-47-104-76(51-68-35-23-20-24-36-68)95(122)108-79-60-134-135-61-80(97(124)107-78(59-113)65(5)114)109-98(125)91(66(6)115)110-94(121)75(40-30-31-46-103)105-96(123)77(54-71-43-42-70-37-27-28-39-74(70)71)106-93(120)72(55-82(79)116)50-67-33-21-19-22-34-67/h19-24,26-29,32-37,39,43,52-53,63-66,72-73,75-80,84-86,91-92,104,113-115,127H,12-18,25,30-31,38,40-42,44-51,54-61,103H2,1-11H3,(H,105,123)(H,106,120)(H,107,124)(H,108,122)(H,109,125)(H,110,121)/b29-26+,62-32+/t63-,64+,65-,66-,72-,73?,75+,76-,77-,78+,79+,80+,84+,85-,86+,91+,92+,100+,101-/m1/s1. The second-order valence-electron chi connectivity index (χ2n) is 36.8. The van der Waals surface area contributed by atoms with E-state index in [9.17, 15) is 54.0 Å². The topological polar surface area (TPSA) is 435 Å². The van der Waals surface area contributed by atoms with Gasteiger partial charge in [-0.2, -0.15) is 0 Å². The number of esters is 2. The SMILES string of the molecule is CCCCCCCCCCC(CCN[C@H](Cc1ccccc1)C(=O)N[C@H]1CSSC[C@@H](C(=O)N[C@@H](CO)[C@@H](C)O)NC(=O)[C@H]([C@@H](C)O)NC(=O)[C@H](CCCCN)NC(=O)[C@@H](CC2=CCc3ccccc32)NC(=O)[C@H](Cc2ccccc2)CC1=O)SSCCC(=O)N(C)[C@@H](C)C(=O)O[C@H]1CC(=O)N(C)c2cc(cc(OC)c2Cl)C/C(C)=C/C=C/C[C@@H](OC)[C@]2(O)CC(=O)O[C@@H](C2)[C@@H](C)[C@@H]2O[C@@]12C. The number of carbonyl (C=O) groups is 11. The van der Waals surface area contributed by atoms with Crippen LogP contribution >= 0.6 is 54.8 Å². The number of amides is 8. The fraction of sp³-hybridized carbons (Fsp3) is 0.594. The summed E-state index contributed by atoms with van der Waals surface area (Å²) < 4.78 is 30.4. The van der Waals surface area contributed by atoms with Crippen LogP contribution in [0.1, 0.15) is 205 Å². The molecular formula is C101H143ClN10O20S4. The number of aliphatic hydroxyl groups is 4. The quantitative estimate of drug-likeness (QED) is 0.00852. The van der Waals surface area contributed by atoms with Gasteiger partial charge in [-0.15, -0.1) is 0 Å². The second kappa shape index (κ2) is 55.6. The van der Waals surface area contributed by atoms with Gasteiger partial charge in [-0.3, -0.25) is 47.9 Å². The maximum atomic E-state index is 15.7. The van der Waals surface area contributed by atoms with E-state index in [0.29, 0.717) is 61.4 Å². The van der Waals surface area contributed by atoms with Crippen LogP contribution in [0.3, 0.4) is 0 Å². The fourth-order valence-electron chi connectivity index (χ4n) is 17.7. The molecular weight excluding hydrogens is 1840 g/mol. The number of likely N-dealkylation sites (N-methyl/N-ethyl adjacent to an activating group) is 1. The summed E-state index contributed by atoms with van der Waals surface area (Å²) in [6.45, 7) is 11.7. The van der Waals surface area contributed by atoms with E-state index in [2.05, 4.69) is 44.1 Å². The van der Waals surface area contributed by atoms with E-state index >= 15 is 19.2 Å². The van der Waals surface area contributed by atoms with Crippen molar-refractivity contribution in [2.45, 2.75) is 304 Å². The number of methoxy groups -OCH3 is 2. The van der Waals surface area contributed by atoms with E-state index in [4.69, 9.17) is 41.0 Å². The highest BCUT2D eigenvalue weighted by Crippen LogP contribution is 2.50. The first-order chi connectivity index (χ1) is 65.1. The van der Waals surface area contributed by atoms with Crippen molar-refractivity contribution in [2.75, 3.05) is 70.2 Å². The Kier molecular flexibility index (Phi) is 45.5. The Bertz CT molecular complexity index is 4730. The molecule has 136 heavy (non-hydrogen) atoms. The monoisotopic (exact) mass is 1980 g/mol. The summed E-state index contributed by atoms with van der Waals surface area (Å²) in [7, 11) is 11.3. The average molecular weight is 1980 g/mol. The fourth-order valence-corrected chi connectivity index (χ4v) is 23.1. The van der Waals surface area contributed by atoms with Gasteiger partial charge in [0.05, 0.1) is 74.8 Å². The molecule has 748 valence electrons. The van der Waals surface area contributed by atoms with E-state index in [1.165, 1.54) is 68.6 Å². The molecule has 30 nitrogen and oxygen atoms in total. The van der Waals surface area contributed by atoms with E-state index in [-0.39, 0.29) is 85.6 Å². The number of ketones is 1. The van der Waals surface area contributed by atoms with Crippen LogP contribution in [-0.4, -0.2) is 257 Å². The predicted octanol–water partition coefficient (Wildman–Crippen LogP) is 10.5. The third kappa shape index (κ3) is 33.2. The molecule has 1 unspecified atom stereocenters. The lowest BCUT2D eigenvalue weighted by Gasteiger charge is -2.42. The Labute approximate surface area is 821 Å². The molecule has 19 atom stereocenters. The number of hydrogen-bond donors (Lipinski definition) is 12. The number of unbranched alkanes of at least 4 members (excludes halogenated alkanes) is 8. The minimum Gasteiger partial charge on any atom is -0.495 e. The number of nitrogens with two attached hydrogens (primary N) is 1. The number of benzene rings is 4. The molecule has 3 saturated heterocycles. The Morgan fingerprint density at radius 3 is 2.16 bits per heavy atom. The van der Waals surface area contributed by atoms with Crippen molar-refractivity contribution in [3.63, 3.8) is 0 Å². The Hall–Kier alpha value is -8.36. The largest absolute Gasteiger partial charge is 0.495 e. The first-order valence-electron chi connectivity index (χ1n) is 47.8. The highest BCUT2D eigenvalue weighted by molar-refractivity contribution is 8.77. The molecule has 0 spiro atoms. The summed E-state index contributed by atoms with van der Waals surface area (Å²) in [6.07, 6.45) is 12.3. The highest BCUT2D eigenvalue weighted by atomic mass is 35.5. The maximum Gasteiger partial charge on any atom is 0.328 e. The molecule has 4 aromatic carbocycles. The number of carbonyl (C=O) groups excluding carboxylic acids is 11. The number of rotatable bonds is 40. The lowest BCUT2D eigenvalue weighted by atomic mass is 9.78. The normalized spacial score (nSPS) is 26.0. The van der Waals surface area contributed by atoms with Gasteiger partial charge in [0.2, 0.25) is 47.3 Å². The smallest absolute Gasteiger partial charge is 0.328 e. The molecule has 8 amide bonds. The van der Waals surface area contributed by atoms with Gasteiger partial charge in [-0.05, 0) is 157 Å². The number of allylic oxidation sites excluding steroid dienone is 4. The van der Waals surface area contributed by atoms with Crippen molar-refractivity contribution in [2.24, 2.45) is 17.6 Å². The Morgan fingerprint density at radius 2 is 1.48 bits per heavy atom. The van der Waals surface area contributed by atoms with Crippen molar-refractivity contribution >= 4 is 131 Å². The average Bonchev–Trinajstić information content (AvgIpc) is 1.57. The van der Waals surface area contributed by atoms with Gasteiger partial charge in [0, 0.05) is 81.2 Å². The van der Waals surface area contributed by atoms with Gasteiger partial charge in [0.1, 0.15) is 64.4 Å². The van der Waals surface area contributed by atoms with E-state index in [0.717, 1.165) is 99.9 Å². The number of hydrogen-bond acceptors (Lipinski definition) is 26. The molecule has 4 aromatic rings. The first kappa shape index (κ1) is 111. The highest BCUT2D eigenvalue weighted by Gasteiger charge is 2.65. The molecule has 4 bridgehead atoms. The molecule has 4 aliphatic heterocycles. The van der Waals surface area contributed by atoms with Crippen molar-refractivity contribution in [3.8, 4) is 5.75 Å². The molecule has 1 aliphatic carbocycles. The zero-order valence-corrected chi connectivity index (χ0v) is 84.4. The van der Waals surface area contributed by atoms with E-state index < -0.39 is 187 Å². The van der Waals surface area contributed by atoms with Crippen LogP contribution in [0.15, 0.2) is 127 Å². The summed E-state index contributed by atoms with van der Waals surface area (Å²) in [5.41, 5.74) is 9.15. The number of Topliss-reactive ketones (excluding diaryl/α,β-unsaturated/α-hetero) is 1. The van der Waals surface area contributed by atoms with Crippen molar-refractivity contribution < 1.29 is 96.9 Å². The third-order valence-corrected chi connectivity index (χ3v) is 32.1. The minimum absolute atomic E-state index is 0.00159. The van der Waals surface area contributed by atoms with Crippen molar-refractivity contribution in [1.29, 1.82) is 0 Å². The maximum absolute atomic E-state index is 15.7. The lowest BCUT2D eigenvalue weighted by molar-refractivity contribution is -0.192. The molecule has 5 aliphatic rings. The zero-order valence-electron chi connectivity index (χ0n) is 80.4. The molecule has 35 heteroatoms. The number of nitrogens with one attached hydrogen (secondary N) is 7. The molecule has 4 heterocycles. The van der Waals surface area contributed by atoms with Gasteiger partial charge < -0.3 is 96.9 Å². The molecule has 0 saturated carbocycles. The minimum atomic E-state index is -1.72. The zero-order chi connectivity index (χ0) is 98.8. The van der Waals surface area contributed by atoms with Gasteiger partial charge >= 0.3 is 11.9 Å². The number of halogens is 1. The van der Waals surface area contributed by atoms with Crippen LogP contribution in [0.2, 0.25) is 5.02 Å². The van der Waals surface area contributed by atoms with E-state index in [1.807, 2.05) is 111 Å². The summed E-state index contributed by atoms with van der Waals surface area (Å²) in [5, 5.41) is 64.9.